The largest absolute Gasteiger partial charge is 0.356 e. The lowest BCUT2D eigenvalue weighted by Crippen LogP contribution is -2.30. The average molecular weight is 644 g/mol. The van der Waals surface area contributed by atoms with Crippen LogP contribution in [0.2, 0.25) is 0 Å². The van der Waals surface area contributed by atoms with E-state index in [2.05, 4.69) is 104 Å². The second kappa shape index (κ2) is 15.8. The van der Waals surface area contributed by atoms with E-state index in [0.29, 0.717) is 18.7 Å². The Bertz CT molecular complexity index is 1600. The van der Waals surface area contributed by atoms with E-state index in [9.17, 15) is 9.59 Å². The first kappa shape index (κ1) is 32.4. The van der Waals surface area contributed by atoms with Gasteiger partial charge in [0.1, 0.15) is 0 Å². The van der Waals surface area contributed by atoms with Crippen molar-refractivity contribution in [1.82, 2.24) is 21.3 Å². The number of nitrogens with one attached hydrogen (secondary N) is 4. The van der Waals surface area contributed by atoms with E-state index in [1.54, 1.807) is 6.92 Å². The summed E-state index contributed by atoms with van der Waals surface area (Å²) in [6.07, 6.45) is 1.70. The number of carbonyl (C=O) groups excluding carboxylic acids is 2. The van der Waals surface area contributed by atoms with Crippen LogP contribution < -0.4 is 21.3 Å². The predicted molar refractivity (Wildman–Crippen MR) is 183 cm³/mol. The Balaban J connectivity index is 1.60. The highest BCUT2D eigenvalue weighted by Gasteiger charge is 2.15. The molecule has 0 aliphatic rings. The van der Waals surface area contributed by atoms with Gasteiger partial charge in [-0.15, -0.1) is 0 Å². The number of halogens is 1. The molecule has 6 nitrogen and oxygen atoms in total. The summed E-state index contributed by atoms with van der Waals surface area (Å²) >= 11 is 3.63. The molecule has 4 N–H and O–H groups in total. The predicted octanol–water partition coefficient (Wildman–Crippen LogP) is 6.85. The lowest BCUT2D eigenvalue weighted by Gasteiger charge is -2.19. The Morgan fingerprint density at radius 2 is 1.30 bits per heavy atom. The minimum atomic E-state index is -0.0947. The molecule has 0 aliphatic heterocycles. The number of amides is 2. The highest BCUT2D eigenvalue weighted by molar-refractivity contribution is 9.10. The molecule has 0 spiro atoms. The summed E-state index contributed by atoms with van der Waals surface area (Å²) in [5.41, 5.74) is 5.42. The van der Waals surface area contributed by atoms with Gasteiger partial charge in [0.2, 0.25) is 11.8 Å². The molecule has 0 aromatic heterocycles. The van der Waals surface area contributed by atoms with Gasteiger partial charge in [-0.3, -0.25) is 9.59 Å². The van der Waals surface area contributed by atoms with Crippen molar-refractivity contribution in [3.63, 3.8) is 0 Å². The number of hydrogen-bond donors (Lipinski definition) is 4. The molecule has 0 saturated heterocycles. The molecule has 0 saturated carbocycles. The molecule has 0 fully saturated rings. The van der Waals surface area contributed by atoms with Crippen LogP contribution in [0.3, 0.4) is 0 Å². The average Bonchev–Trinajstić information content (AvgIpc) is 3.00. The van der Waals surface area contributed by atoms with Crippen LogP contribution in [0.25, 0.3) is 32.7 Å². The normalized spacial score (nSPS) is 11.3. The number of hydrogen-bond acceptors (Lipinski definition) is 4. The molecule has 7 heteroatoms. The molecule has 0 atom stereocenters. The maximum Gasteiger partial charge on any atom is 0.246 e. The molecule has 0 aliphatic carbocycles. The summed E-state index contributed by atoms with van der Waals surface area (Å²) in [5.74, 6) is 0.00106. The molecular weight excluding hydrogens is 600 g/mol. The zero-order valence-electron chi connectivity index (χ0n) is 25.5. The van der Waals surface area contributed by atoms with Crippen molar-refractivity contribution in [3.05, 3.63) is 94.5 Å². The fourth-order valence-corrected chi connectivity index (χ4v) is 5.61. The summed E-state index contributed by atoms with van der Waals surface area (Å²) in [5, 5.41) is 18.1. The van der Waals surface area contributed by atoms with Gasteiger partial charge in [0.05, 0.1) is 0 Å². The topological polar surface area (TPSA) is 82.3 Å². The van der Waals surface area contributed by atoms with Crippen molar-refractivity contribution in [2.45, 2.75) is 46.7 Å². The van der Waals surface area contributed by atoms with Crippen LogP contribution in [0.4, 0.5) is 0 Å². The van der Waals surface area contributed by atoms with Crippen LogP contribution in [-0.2, 0) is 22.7 Å². The van der Waals surface area contributed by atoms with Crippen LogP contribution in [-0.4, -0.2) is 38.0 Å². The molecule has 2 amide bonds. The molecule has 0 bridgehead atoms. The lowest BCUT2D eigenvalue weighted by molar-refractivity contribution is -0.124. The fourth-order valence-electron chi connectivity index (χ4n) is 5.21. The molecule has 4 aromatic carbocycles. The van der Waals surface area contributed by atoms with E-state index < -0.39 is 0 Å². The Labute approximate surface area is 263 Å². The molecule has 226 valence electrons. The quantitative estimate of drug-likeness (QED) is 0.0650. The fraction of sp³-hybridized carbons (Fsp3) is 0.333. The van der Waals surface area contributed by atoms with E-state index in [1.165, 1.54) is 43.8 Å². The maximum atomic E-state index is 11.9. The minimum Gasteiger partial charge on any atom is -0.356 e. The highest BCUT2D eigenvalue weighted by atomic mass is 79.9. The van der Waals surface area contributed by atoms with E-state index in [1.807, 2.05) is 19.9 Å². The standard InChI is InChI=1S/C36H43BrN4O2/c1-24(2)35(42)40-18-8-16-38-22-33-29-12-5-6-13-30(29)34(23-39-17-9-19-41-36(43)25(3)4)32-21-27(14-15-31(32)33)26-10-7-11-28(37)20-26/h5-7,10-15,20-21,25,38-39H,1,8-9,16-19,22-23H2,2-4H3,(H,40,42)(H,41,43). The van der Waals surface area contributed by atoms with Crippen LogP contribution in [0, 0.1) is 5.92 Å². The molecule has 0 heterocycles. The maximum absolute atomic E-state index is 11.9. The van der Waals surface area contributed by atoms with Gasteiger partial charge in [-0.1, -0.05) is 84.9 Å². The first-order chi connectivity index (χ1) is 20.8. The smallest absolute Gasteiger partial charge is 0.246 e. The minimum absolute atomic E-state index is 0.000482. The summed E-state index contributed by atoms with van der Waals surface area (Å²) < 4.78 is 1.05. The third-order valence-electron chi connectivity index (χ3n) is 7.57. The van der Waals surface area contributed by atoms with Gasteiger partial charge in [0.25, 0.3) is 0 Å². The van der Waals surface area contributed by atoms with Gasteiger partial charge in [-0.25, -0.2) is 0 Å². The molecule has 0 unspecified atom stereocenters. The Hall–Kier alpha value is -3.52. The van der Waals surface area contributed by atoms with Gasteiger partial charge < -0.3 is 21.3 Å². The van der Waals surface area contributed by atoms with Gasteiger partial charge in [0.15, 0.2) is 0 Å². The first-order valence-electron chi connectivity index (χ1n) is 15.1. The third kappa shape index (κ3) is 8.75. The van der Waals surface area contributed by atoms with Gasteiger partial charge in [-0.05, 0) is 94.9 Å². The van der Waals surface area contributed by atoms with Gasteiger partial charge in [0, 0.05) is 42.1 Å². The van der Waals surface area contributed by atoms with Crippen molar-refractivity contribution in [2.24, 2.45) is 5.92 Å². The van der Waals surface area contributed by atoms with Crippen molar-refractivity contribution in [2.75, 3.05) is 26.2 Å². The molecule has 4 aromatic rings. The lowest BCUT2D eigenvalue weighted by atomic mass is 9.89. The monoisotopic (exact) mass is 642 g/mol. The van der Waals surface area contributed by atoms with Crippen LogP contribution in [0.15, 0.2) is 83.4 Å². The second-order valence-electron chi connectivity index (χ2n) is 11.3. The van der Waals surface area contributed by atoms with Gasteiger partial charge >= 0.3 is 0 Å². The summed E-state index contributed by atoms with van der Waals surface area (Å²) in [4.78, 5) is 23.7. The summed E-state index contributed by atoms with van der Waals surface area (Å²) in [6, 6.07) is 23.9. The molecule has 4 rings (SSSR count). The molecule has 43 heavy (non-hydrogen) atoms. The van der Waals surface area contributed by atoms with Crippen LogP contribution >= 0.6 is 15.9 Å². The third-order valence-corrected chi connectivity index (χ3v) is 8.06. The van der Waals surface area contributed by atoms with Crippen LogP contribution in [0.5, 0.6) is 0 Å². The van der Waals surface area contributed by atoms with Crippen molar-refractivity contribution in [3.8, 4) is 11.1 Å². The van der Waals surface area contributed by atoms with Crippen molar-refractivity contribution < 1.29 is 9.59 Å². The number of carbonyl (C=O) groups is 2. The number of rotatable bonds is 15. The highest BCUT2D eigenvalue weighted by Crippen LogP contribution is 2.36. The zero-order valence-corrected chi connectivity index (χ0v) is 27.1. The summed E-state index contributed by atoms with van der Waals surface area (Å²) in [6.45, 7) is 13.6. The second-order valence-corrected chi connectivity index (χ2v) is 12.2. The van der Waals surface area contributed by atoms with Crippen molar-refractivity contribution in [1.29, 1.82) is 0 Å². The number of benzene rings is 4. The van der Waals surface area contributed by atoms with Crippen molar-refractivity contribution >= 4 is 49.3 Å². The number of fused-ring (bicyclic) bond motifs is 2. The Morgan fingerprint density at radius 3 is 1.91 bits per heavy atom. The Morgan fingerprint density at radius 1 is 0.721 bits per heavy atom. The van der Waals surface area contributed by atoms with Crippen LogP contribution in [0.1, 0.15) is 44.7 Å². The van der Waals surface area contributed by atoms with E-state index in [4.69, 9.17) is 0 Å². The first-order valence-corrected chi connectivity index (χ1v) is 15.9. The molecular formula is C36H43BrN4O2. The van der Waals surface area contributed by atoms with E-state index in [0.717, 1.165) is 43.5 Å². The SMILES string of the molecule is C=C(C)C(=O)NCCCNCc1c2ccccc2c(CNCCCNC(=O)C(C)C)c2cc(-c3cccc(Br)c3)ccc12. The summed E-state index contributed by atoms with van der Waals surface area (Å²) in [7, 11) is 0. The Kier molecular flexibility index (Phi) is 11.9. The van der Waals surface area contributed by atoms with E-state index >= 15 is 0 Å². The van der Waals surface area contributed by atoms with E-state index in [-0.39, 0.29) is 17.7 Å². The zero-order chi connectivity index (χ0) is 30.8. The molecule has 0 radical (unpaired) electrons. The van der Waals surface area contributed by atoms with Gasteiger partial charge in [-0.2, -0.15) is 0 Å².